The van der Waals surface area contributed by atoms with E-state index in [1.807, 2.05) is 0 Å². The van der Waals surface area contributed by atoms with E-state index in [-0.39, 0.29) is 0 Å². The SMILES string of the molecule is CCCCn1cc(C)nc1NC(C)Cc1ccccc1. The number of rotatable bonds is 7. The van der Waals surface area contributed by atoms with Crippen molar-refractivity contribution in [2.45, 2.75) is 52.6 Å². The summed E-state index contributed by atoms with van der Waals surface area (Å²) in [5.74, 6) is 0.999. The molecule has 108 valence electrons. The second kappa shape index (κ2) is 7.13. The molecule has 0 bridgehead atoms. The fourth-order valence-corrected chi connectivity index (χ4v) is 2.40. The molecule has 0 saturated carbocycles. The molecular weight excluding hydrogens is 246 g/mol. The zero-order valence-corrected chi connectivity index (χ0v) is 12.8. The van der Waals surface area contributed by atoms with Gasteiger partial charge in [-0.05, 0) is 32.3 Å². The summed E-state index contributed by atoms with van der Waals surface area (Å²) in [7, 11) is 0. The Morgan fingerprint density at radius 3 is 2.70 bits per heavy atom. The molecular formula is C17H25N3. The maximum absolute atomic E-state index is 4.60. The van der Waals surface area contributed by atoms with Gasteiger partial charge in [-0.3, -0.25) is 0 Å². The van der Waals surface area contributed by atoms with E-state index in [9.17, 15) is 0 Å². The van der Waals surface area contributed by atoms with Crippen molar-refractivity contribution in [2.24, 2.45) is 0 Å². The van der Waals surface area contributed by atoms with Crippen LogP contribution in [-0.4, -0.2) is 15.6 Å². The first-order valence-corrected chi connectivity index (χ1v) is 7.53. The summed E-state index contributed by atoms with van der Waals surface area (Å²) in [6.07, 6.45) is 5.54. The van der Waals surface area contributed by atoms with Gasteiger partial charge in [0.25, 0.3) is 0 Å². The number of unbranched alkanes of at least 4 members (excludes halogenated alkanes) is 1. The summed E-state index contributed by atoms with van der Waals surface area (Å²) < 4.78 is 2.24. The third kappa shape index (κ3) is 4.12. The molecule has 1 unspecified atom stereocenters. The van der Waals surface area contributed by atoms with E-state index in [1.54, 1.807) is 0 Å². The molecule has 1 aromatic carbocycles. The number of hydrogen-bond acceptors (Lipinski definition) is 2. The van der Waals surface area contributed by atoms with Gasteiger partial charge in [0.05, 0.1) is 5.69 Å². The highest BCUT2D eigenvalue weighted by atomic mass is 15.2. The van der Waals surface area contributed by atoms with Crippen molar-refractivity contribution in [3.05, 3.63) is 47.8 Å². The molecule has 0 amide bonds. The molecule has 0 aliphatic heterocycles. The lowest BCUT2D eigenvalue weighted by Gasteiger charge is -2.16. The van der Waals surface area contributed by atoms with Crippen LogP contribution in [0.25, 0.3) is 0 Å². The average molecular weight is 271 g/mol. The molecule has 0 fully saturated rings. The summed E-state index contributed by atoms with van der Waals surface area (Å²) in [6, 6.07) is 11.0. The van der Waals surface area contributed by atoms with Gasteiger partial charge in [0, 0.05) is 18.8 Å². The second-order valence-corrected chi connectivity index (χ2v) is 5.49. The molecule has 1 aromatic heterocycles. The van der Waals surface area contributed by atoms with Crippen molar-refractivity contribution in [2.75, 3.05) is 5.32 Å². The van der Waals surface area contributed by atoms with Crippen molar-refractivity contribution >= 4 is 5.95 Å². The second-order valence-electron chi connectivity index (χ2n) is 5.49. The monoisotopic (exact) mass is 271 g/mol. The molecule has 0 aliphatic rings. The van der Waals surface area contributed by atoms with Crippen LogP contribution in [0.2, 0.25) is 0 Å². The zero-order chi connectivity index (χ0) is 14.4. The molecule has 1 heterocycles. The quantitative estimate of drug-likeness (QED) is 0.824. The van der Waals surface area contributed by atoms with Gasteiger partial charge in [-0.15, -0.1) is 0 Å². The lowest BCUT2D eigenvalue weighted by molar-refractivity contribution is 0.628. The lowest BCUT2D eigenvalue weighted by atomic mass is 10.1. The number of nitrogens with one attached hydrogen (secondary N) is 1. The Hall–Kier alpha value is -1.77. The molecule has 2 rings (SSSR count). The van der Waals surface area contributed by atoms with Crippen molar-refractivity contribution in [3.63, 3.8) is 0 Å². The minimum Gasteiger partial charge on any atom is -0.353 e. The van der Waals surface area contributed by atoms with E-state index in [2.05, 4.69) is 72.2 Å². The van der Waals surface area contributed by atoms with Crippen LogP contribution in [0.3, 0.4) is 0 Å². The lowest BCUT2D eigenvalue weighted by Crippen LogP contribution is -2.21. The van der Waals surface area contributed by atoms with Crippen molar-refractivity contribution in [1.82, 2.24) is 9.55 Å². The van der Waals surface area contributed by atoms with Crippen molar-refractivity contribution < 1.29 is 0 Å². The fourth-order valence-electron chi connectivity index (χ4n) is 2.40. The molecule has 0 saturated heterocycles. The van der Waals surface area contributed by atoms with Crippen LogP contribution in [0.4, 0.5) is 5.95 Å². The minimum absolute atomic E-state index is 0.375. The summed E-state index contributed by atoms with van der Waals surface area (Å²) in [4.78, 5) is 4.60. The summed E-state index contributed by atoms with van der Waals surface area (Å²) >= 11 is 0. The Morgan fingerprint density at radius 1 is 1.25 bits per heavy atom. The van der Waals surface area contributed by atoms with Crippen molar-refractivity contribution in [1.29, 1.82) is 0 Å². The van der Waals surface area contributed by atoms with E-state index in [0.717, 1.165) is 24.6 Å². The maximum Gasteiger partial charge on any atom is 0.203 e. The zero-order valence-electron chi connectivity index (χ0n) is 12.8. The van der Waals surface area contributed by atoms with Crippen LogP contribution in [0.15, 0.2) is 36.5 Å². The predicted molar refractivity (Wildman–Crippen MR) is 85.1 cm³/mol. The molecule has 0 spiro atoms. The van der Waals surface area contributed by atoms with E-state index in [0.29, 0.717) is 6.04 Å². The van der Waals surface area contributed by atoms with Gasteiger partial charge in [-0.2, -0.15) is 0 Å². The van der Waals surface area contributed by atoms with Gasteiger partial charge < -0.3 is 9.88 Å². The van der Waals surface area contributed by atoms with Crippen LogP contribution >= 0.6 is 0 Å². The molecule has 1 atom stereocenters. The first kappa shape index (κ1) is 14.6. The summed E-state index contributed by atoms with van der Waals surface area (Å²) in [5.41, 5.74) is 2.44. The maximum atomic E-state index is 4.60. The molecule has 3 nitrogen and oxygen atoms in total. The Kier molecular flexibility index (Phi) is 5.22. The van der Waals surface area contributed by atoms with Gasteiger partial charge in [-0.25, -0.2) is 4.98 Å². The normalized spacial score (nSPS) is 12.3. The number of aryl methyl sites for hydroxylation is 2. The smallest absolute Gasteiger partial charge is 0.203 e. The predicted octanol–water partition coefficient (Wildman–Crippen LogP) is 4.03. The van der Waals surface area contributed by atoms with E-state index >= 15 is 0 Å². The number of hydrogen-bond donors (Lipinski definition) is 1. The highest BCUT2D eigenvalue weighted by Gasteiger charge is 2.09. The van der Waals surface area contributed by atoms with Crippen LogP contribution in [-0.2, 0) is 13.0 Å². The molecule has 1 N–H and O–H groups in total. The van der Waals surface area contributed by atoms with Gasteiger partial charge in [0.1, 0.15) is 0 Å². The molecule has 0 aliphatic carbocycles. The first-order valence-electron chi connectivity index (χ1n) is 7.53. The largest absolute Gasteiger partial charge is 0.353 e. The molecule has 0 radical (unpaired) electrons. The fraction of sp³-hybridized carbons (Fsp3) is 0.471. The third-order valence-electron chi connectivity index (χ3n) is 3.41. The van der Waals surface area contributed by atoms with E-state index in [4.69, 9.17) is 0 Å². The van der Waals surface area contributed by atoms with Crippen LogP contribution in [0.5, 0.6) is 0 Å². The first-order chi connectivity index (χ1) is 9.69. The van der Waals surface area contributed by atoms with Gasteiger partial charge in [0.2, 0.25) is 5.95 Å². The minimum atomic E-state index is 0.375. The topological polar surface area (TPSA) is 29.9 Å². The van der Waals surface area contributed by atoms with Crippen LogP contribution < -0.4 is 5.32 Å². The van der Waals surface area contributed by atoms with Crippen molar-refractivity contribution in [3.8, 4) is 0 Å². The van der Waals surface area contributed by atoms with Gasteiger partial charge >= 0.3 is 0 Å². The summed E-state index contributed by atoms with van der Waals surface area (Å²) in [5, 5.41) is 3.54. The number of aromatic nitrogens is 2. The standard InChI is InChI=1S/C17H25N3/c1-4-5-11-20-13-15(3)19-17(20)18-14(2)12-16-9-7-6-8-10-16/h6-10,13-14H,4-5,11-12H2,1-3H3,(H,18,19). The summed E-state index contributed by atoms with van der Waals surface area (Å²) in [6.45, 7) is 7.52. The number of imidazole rings is 1. The molecule has 3 heteroatoms. The third-order valence-corrected chi connectivity index (χ3v) is 3.41. The van der Waals surface area contributed by atoms with Gasteiger partial charge in [0.15, 0.2) is 0 Å². The van der Waals surface area contributed by atoms with E-state index < -0.39 is 0 Å². The number of nitrogens with zero attached hydrogens (tertiary/aromatic N) is 2. The molecule has 20 heavy (non-hydrogen) atoms. The van der Waals surface area contributed by atoms with Gasteiger partial charge in [-0.1, -0.05) is 43.7 Å². The highest BCUT2D eigenvalue weighted by molar-refractivity contribution is 5.31. The number of anilines is 1. The van der Waals surface area contributed by atoms with E-state index in [1.165, 1.54) is 18.4 Å². The Bertz CT molecular complexity index is 516. The number of benzene rings is 1. The Labute approximate surface area is 122 Å². The molecule has 2 aromatic rings. The highest BCUT2D eigenvalue weighted by Crippen LogP contribution is 2.13. The Balaban J connectivity index is 1.98. The van der Waals surface area contributed by atoms with Crippen LogP contribution in [0, 0.1) is 6.92 Å². The average Bonchev–Trinajstić information content (AvgIpc) is 2.77. The Morgan fingerprint density at radius 2 is 2.00 bits per heavy atom. The van der Waals surface area contributed by atoms with Crippen LogP contribution in [0.1, 0.15) is 37.9 Å².